The molecule has 4 amide bonds. The van der Waals surface area contributed by atoms with Crippen LogP contribution in [0.1, 0.15) is 13.3 Å². The summed E-state index contributed by atoms with van der Waals surface area (Å²) in [5, 5.41) is 0.840. The van der Waals surface area contributed by atoms with Crippen LogP contribution in [-0.4, -0.2) is 62.6 Å². The fourth-order valence-corrected chi connectivity index (χ4v) is 3.41. The third-order valence-corrected chi connectivity index (χ3v) is 5.08. The van der Waals surface area contributed by atoms with Crippen LogP contribution in [0.15, 0.2) is 42.5 Å². The van der Waals surface area contributed by atoms with Gasteiger partial charge in [0.25, 0.3) is 11.8 Å². The molecule has 11 heteroatoms. The molecule has 1 aliphatic rings. The van der Waals surface area contributed by atoms with Gasteiger partial charge in [0.1, 0.15) is 29.0 Å². The number of anilines is 1. The Morgan fingerprint density at radius 2 is 1.59 bits per heavy atom. The van der Waals surface area contributed by atoms with Crippen LogP contribution in [0.3, 0.4) is 0 Å². The van der Waals surface area contributed by atoms with E-state index in [0.717, 1.165) is 9.91 Å². The second-order valence-corrected chi connectivity index (χ2v) is 7.21. The Morgan fingerprint density at radius 1 is 0.971 bits per heavy atom. The van der Waals surface area contributed by atoms with Gasteiger partial charge in [-0.15, -0.1) is 0 Å². The highest BCUT2D eigenvalue weighted by atomic mass is 16.5. The Labute approximate surface area is 196 Å². The van der Waals surface area contributed by atoms with Gasteiger partial charge in [0.2, 0.25) is 11.8 Å². The van der Waals surface area contributed by atoms with E-state index >= 15 is 0 Å². The van der Waals surface area contributed by atoms with Crippen molar-refractivity contribution < 1.29 is 38.1 Å². The van der Waals surface area contributed by atoms with E-state index in [1.807, 2.05) is 0 Å². The molecule has 2 aromatic carbocycles. The quantitative estimate of drug-likeness (QED) is 0.451. The van der Waals surface area contributed by atoms with Gasteiger partial charge in [0.15, 0.2) is 6.61 Å². The Kier molecular flexibility index (Phi) is 7.57. The van der Waals surface area contributed by atoms with Gasteiger partial charge < -0.3 is 18.9 Å². The van der Waals surface area contributed by atoms with Gasteiger partial charge in [-0.2, -0.15) is 0 Å². The molecular formula is C23H25N3O8. The van der Waals surface area contributed by atoms with E-state index in [9.17, 15) is 19.2 Å². The van der Waals surface area contributed by atoms with Gasteiger partial charge in [-0.05, 0) is 36.4 Å². The number of rotatable bonds is 8. The molecule has 34 heavy (non-hydrogen) atoms. The number of carbonyl (C=O) groups is 4. The largest absolute Gasteiger partial charge is 0.497 e. The highest BCUT2D eigenvalue weighted by Gasteiger charge is 2.45. The molecule has 0 radical (unpaired) electrons. The predicted molar refractivity (Wildman–Crippen MR) is 120 cm³/mol. The molecule has 0 aliphatic carbocycles. The third-order valence-electron chi connectivity index (χ3n) is 5.08. The Hall–Kier alpha value is -4.28. The van der Waals surface area contributed by atoms with Crippen molar-refractivity contribution in [1.82, 2.24) is 10.4 Å². The van der Waals surface area contributed by atoms with Crippen LogP contribution in [0, 0.1) is 0 Å². The number of benzene rings is 2. The monoisotopic (exact) mass is 471 g/mol. The molecule has 1 aliphatic heterocycles. The smallest absolute Gasteiger partial charge is 0.276 e. The van der Waals surface area contributed by atoms with E-state index in [1.54, 1.807) is 36.4 Å². The first-order valence-electron chi connectivity index (χ1n) is 10.2. The molecule has 0 aromatic heterocycles. The summed E-state index contributed by atoms with van der Waals surface area (Å²) in [5.41, 5.74) is 2.54. The summed E-state index contributed by atoms with van der Waals surface area (Å²) in [4.78, 5) is 51.5. The summed E-state index contributed by atoms with van der Waals surface area (Å²) >= 11 is 0. The van der Waals surface area contributed by atoms with Crippen molar-refractivity contribution in [2.45, 2.75) is 19.4 Å². The average molecular weight is 471 g/mol. The molecular weight excluding hydrogens is 446 g/mol. The van der Waals surface area contributed by atoms with E-state index in [1.165, 1.54) is 34.3 Å². The molecule has 1 unspecified atom stereocenters. The first kappa shape index (κ1) is 24.4. The zero-order chi connectivity index (χ0) is 24.8. The summed E-state index contributed by atoms with van der Waals surface area (Å²) in [5.74, 6) is -0.830. The van der Waals surface area contributed by atoms with Crippen molar-refractivity contribution in [2.75, 3.05) is 32.8 Å². The fourth-order valence-electron chi connectivity index (χ4n) is 3.41. The van der Waals surface area contributed by atoms with Crippen molar-refractivity contribution >= 4 is 29.3 Å². The highest BCUT2D eigenvalue weighted by molar-refractivity contribution is 6.23. The number of nitrogens with zero attached hydrogens (tertiary/aromatic N) is 2. The molecule has 0 bridgehead atoms. The summed E-state index contributed by atoms with van der Waals surface area (Å²) in [6, 6.07) is 10.0. The van der Waals surface area contributed by atoms with Crippen LogP contribution in [-0.2, 0) is 19.2 Å². The number of ether oxygens (including phenoxy) is 4. The van der Waals surface area contributed by atoms with Crippen molar-refractivity contribution in [3.05, 3.63) is 42.5 Å². The maximum absolute atomic E-state index is 13.2. The Morgan fingerprint density at radius 3 is 2.18 bits per heavy atom. The molecule has 11 nitrogen and oxygen atoms in total. The second-order valence-electron chi connectivity index (χ2n) is 7.21. The number of nitrogens with one attached hydrogen (secondary N) is 1. The predicted octanol–water partition coefficient (Wildman–Crippen LogP) is 1.30. The number of amides is 4. The fraction of sp³-hybridized carbons (Fsp3) is 0.304. The van der Waals surface area contributed by atoms with Crippen LogP contribution < -0.4 is 29.3 Å². The first-order chi connectivity index (χ1) is 16.3. The maximum Gasteiger partial charge on any atom is 0.276 e. The summed E-state index contributed by atoms with van der Waals surface area (Å²) in [6.07, 6.45) is -0.321. The molecule has 180 valence electrons. The summed E-state index contributed by atoms with van der Waals surface area (Å²) < 4.78 is 20.9. The van der Waals surface area contributed by atoms with Gasteiger partial charge in [0.05, 0.1) is 33.4 Å². The van der Waals surface area contributed by atoms with Crippen molar-refractivity contribution in [3.63, 3.8) is 0 Å². The molecule has 0 spiro atoms. The lowest BCUT2D eigenvalue weighted by atomic mass is 10.2. The summed E-state index contributed by atoms with van der Waals surface area (Å²) in [6.45, 7) is 0.759. The lowest BCUT2D eigenvalue weighted by Gasteiger charge is -2.27. The van der Waals surface area contributed by atoms with Gasteiger partial charge in [-0.25, -0.2) is 9.91 Å². The number of carbonyl (C=O) groups excluding carboxylic acids is 4. The van der Waals surface area contributed by atoms with Gasteiger partial charge in [-0.3, -0.25) is 24.6 Å². The minimum absolute atomic E-state index is 0.178. The van der Waals surface area contributed by atoms with E-state index in [2.05, 4.69) is 5.43 Å². The van der Waals surface area contributed by atoms with E-state index in [0.29, 0.717) is 17.2 Å². The molecule has 1 N–H and O–H groups in total. The van der Waals surface area contributed by atoms with E-state index < -0.39 is 36.3 Å². The van der Waals surface area contributed by atoms with Crippen LogP contribution >= 0.6 is 0 Å². The number of hydrogen-bond donors (Lipinski definition) is 1. The Balaban J connectivity index is 1.73. The van der Waals surface area contributed by atoms with Crippen LogP contribution in [0.2, 0.25) is 0 Å². The maximum atomic E-state index is 13.2. The highest BCUT2D eigenvalue weighted by Crippen LogP contribution is 2.36. The number of imide groups is 1. The van der Waals surface area contributed by atoms with Crippen LogP contribution in [0.5, 0.6) is 23.0 Å². The van der Waals surface area contributed by atoms with E-state index in [4.69, 9.17) is 18.9 Å². The minimum Gasteiger partial charge on any atom is -0.497 e. The standard InChI is InChI=1S/C23H25N3O8/c1-14(27)26(24-21(28)13-34-16-7-5-15(31-2)6-8-16)19-12-22(29)25(23(19)30)18-11-17(32-3)9-10-20(18)33-4/h5-11,19H,12-13H2,1-4H3,(H,24,28). The third kappa shape index (κ3) is 5.20. The lowest BCUT2D eigenvalue weighted by molar-refractivity contribution is -0.146. The molecule has 1 saturated heterocycles. The first-order valence-corrected chi connectivity index (χ1v) is 10.2. The van der Waals surface area contributed by atoms with E-state index in [-0.39, 0.29) is 17.9 Å². The van der Waals surface area contributed by atoms with Crippen molar-refractivity contribution in [3.8, 4) is 23.0 Å². The van der Waals surface area contributed by atoms with Gasteiger partial charge >= 0.3 is 0 Å². The van der Waals surface area contributed by atoms with Crippen molar-refractivity contribution in [1.29, 1.82) is 0 Å². The zero-order valence-electron chi connectivity index (χ0n) is 19.2. The van der Waals surface area contributed by atoms with Crippen LogP contribution in [0.4, 0.5) is 5.69 Å². The molecule has 1 heterocycles. The number of methoxy groups -OCH3 is 3. The summed E-state index contributed by atoms with van der Waals surface area (Å²) in [7, 11) is 4.38. The second kappa shape index (κ2) is 10.6. The molecule has 1 atom stereocenters. The van der Waals surface area contributed by atoms with Crippen LogP contribution in [0.25, 0.3) is 0 Å². The molecule has 2 aromatic rings. The van der Waals surface area contributed by atoms with Crippen molar-refractivity contribution in [2.24, 2.45) is 0 Å². The number of hydrogen-bond acceptors (Lipinski definition) is 8. The molecule has 3 rings (SSSR count). The lowest BCUT2D eigenvalue weighted by Crippen LogP contribution is -2.54. The average Bonchev–Trinajstić information content (AvgIpc) is 3.13. The molecule has 0 saturated carbocycles. The topological polar surface area (TPSA) is 124 Å². The van der Waals surface area contributed by atoms with Gasteiger partial charge in [0, 0.05) is 13.0 Å². The Bertz CT molecular complexity index is 1090. The SMILES string of the molecule is COc1ccc(OCC(=O)NN(C(C)=O)C2CC(=O)N(c3cc(OC)ccc3OC)C2=O)cc1. The molecule has 1 fully saturated rings. The number of hydrazine groups is 1. The van der Waals surface area contributed by atoms with Gasteiger partial charge in [-0.1, -0.05) is 0 Å². The normalized spacial score (nSPS) is 15.1. The minimum atomic E-state index is -1.23. The zero-order valence-corrected chi connectivity index (χ0v) is 19.2.